The van der Waals surface area contributed by atoms with Crippen molar-refractivity contribution in [2.45, 2.75) is 18.3 Å². The minimum atomic E-state index is -1.22. The lowest BCUT2D eigenvalue weighted by atomic mass is 9.92. The molecule has 3 heteroatoms. The van der Waals surface area contributed by atoms with Gasteiger partial charge in [-0.15, -0.1) is 0 Å². The Kier molecular flexibility index (Phi) is 2.07. The second-order valence-corrected chi connectivity index (χ2v) is 3.26. The van der Waals surface area contributed by atoms with Crippen molar-refractivity contribution in [1.82, 2.24) is 0 Å². The molecule has 3 nitrogen and oxygen atoms in total. The van der Waals surface area contributed by atoms with E-state index >= 15 is 0 Å². The van der Waals surface area contributed by atoms with E-state index in [1.165, 1.54) is 0 Å². The Labute approximate surface area is 76.6 Å². The van der Waals surface area contributed by atoms with Gasteiger partial charge in [-0.05, 0) is 5.56 Å². The van der Waals surface area contributed by atoms with Crippen LogP contribution in [-0.4, -0.2) is 23.1 Å². The summed E-state index contributed by atoms with van der Waals surface area (Å²) in [5.41, 5.74) is -0.513. The van der Waals surface area contributed by atoms with Crippen LogP contribution in [0, 0.1) is 0 Å². The summed E-state index contributed by atoms with van der Waals surface area (Å²) in [6, 6.07) is 9.11. The first kappa shape index (κ1) is 8.69. The molecule has 1 fully saturated rings. The number of hydrogen-bond donors (Lipinski definition) is 2. The zero-order valence-corrected chi connectivity index (χ0v) is 7.18. The molecule has 2 unspecified atom stereocenters. The van der Waals surface area contributed by atoms with Crippen molar-refractivity contribution >= 4 is 0 Å². The van der Waals surface area contributed by atoms with Crippen LogP contribution in [0.4, 0.5) is 0 Å². The van der Waals surface area contributed by atoms with Gasteiger partial charge in [-0.1, -0.05) is 30.3 Å². The lowest BCUT2D eigenvalue weighted by molar-refractivity contribution is -0.162. The summed E-state index contributed by atoms with van der Waals surface area (Å²) in [6.07, 6.45) is -0.659. The quantitative estimate of drug-likeness (QED) is 0.665. The van der Waals surface area contributed by atoms with Gasteiger partial charge in [-0.2, -0.15) is 0 Å². The maximum Gasteiger partial charge on any atom is 0.188 e. The van der Waals surface area contributed by atoms with Crippen LogP contribution in [0.3, 0.4) is 0 Å². The SMILES string of the molecule is OC1OCCC1(O)c1ccccc1. The Morgan fingerprint density at radius 2 is 2.00 bits per heavy atom. The van der Waals surface area contributed by atoms with Gasteiger partial charge < -0.3 is 14.9 Å². The molecule has 70 valence electrons. The number of aliphatic hydroxyl groups excluding tert-OH is 1. The molecule has 2 atom stereocenters. The van der Waals surface area contributed by atoms with E-state index in [4.69, 9.17) is 4.74 Å². The minimum Gasteiger partial charge on any atom is -0.380 e. The Morgan fingerprint density at radius 3 is 2.54 bits per heavy atom. The van der Waals surface area contributed by atoms with E-state index in [0.29, 0.717) is 18.6 Å². The molecule has 1 aliphatic rings. The third-order valence-corrected chi connectivity index (χ3v) is 2.44. The first-order valence-corrected chi connectivity index (χ1v) is 4.31. The summed E-state index contributed by atoms with van der Waals surface area (Å²) in [5, 5.41) is 19.5. The van der Waals surface area contributed by atoms with Crippen molar-refractivity contribution in [3.05, 3.63) is 35.9 Å². The molecular weight excluding hydrogens is 168 g/mol. The van der Waals surface area contributed by atoms with Gasteiger partial charge in [0.05, 0.1) is 6.61 Å². The van der Waals surface area contributed by atoms with Crippen molar-refractivity contribution in [3.8, 4) is 0 Å². The molecule has 1 saturated heterocycles. The molecule has 0 amide bonds. The van der Waals surface area contributed by atoms with Crippen molar-refractivity contribution in [3.63, 3.8) is 0 Å². The molecule has 0 bridgehead atoms. The number of benzene rings is 1. The third kappa shape index (κ3) is 1.35. The first-order valence-electron chi connectivity index (χ1n) is 4.31. The Bertz CT molecular complexity index is 285. The smallest absolute Gasteiger partial charge is 0.188 e. The van der Waals surface area contributed by atoms with Crippen LogP contribution < -0.4 is 0 Å². The average molecular weight is 180 g/mol. The van der Waals surface area contributed by atoms with E-state index in [1.54, 1.807) is 12.1 Å². The molecular formula is C10H12O3. The molecule has 2 N–H and O–H groups in total. The van der Waals surface area contributed by atoms with Crippen molar-refractivity contribution in [2.75, 3.05) is 6.61 Å². The molecule has 1 aromatic rings. The van der Waals surface area contributed by atoms with E-state index in [0.717, 1.165) is 0 Å². The van der Waals surface area contributed by atoms with Crippen molar-refractivity contribution in [1.29, 1.82) is 0 Å². The maximum atomic E-state index is 10.1. The highest BCUT2D eigenvalue weighted by Gasteiger charge is 2.42. The third-order valence-electron chi connectivity index (χ3n) is 2.44. The van der Waals surface area contributed by atoms with Gasteiger partial charge in [0.25, 0.3) is 0 Å². The Hall–Kier alpha value is -0.900. The van der Waals surface area contributed by atoms with Gasteiger partial charge in [-0.25, -0.2) is 0 Å². The fraction of sp³-hybridized carbons (Fsp3) is 0.400. The molecule has 0 radical (unpaired) electrons. The zero-order valence-electron chi connectivity index (χ0n) is 7.18. The van der Waals surface area contributed by atoms with Gasteiger partial charge in [0.1, 0.15) is 5.60 Å². The fourth-order valence-corrected chi connectivity index (χ4v) is 1.60. The van der Waals surface area contributed by atoms with E-state index in [-0.39, 0.29) is 0 Å². The molecule has 0 saturated carbocycles. The highest BCUT2D eigenvalue weighted by atomic mass is 16.6. The van der Waals surface area contributed by atoms with Crippen LogP contribution >= 0.6 is 0 Å². The Morgan fingerprint density at radius 1 is 1.31 bits per heavy atom. The fourth-order valence-electron chi connectivity index (χ4n) is 1.60. The number of aliphatic hydroxyl groups is 2. The van der Waals surface area contributed by atoms with E-state index in [2.05, 4.69) is 0 Å². The van der Waals surface area contributed by atoms with E-state index in [1.807, 2.05) is 18.2 Å². The molecule has 1 aliphatic heterocycles. The topological polar surface area (TPSA) is 49.7 Å². The average Bonchev–Trinajstić information content (AvgIpc) is 2.50. The van der Waals surface area contributed by atoms with Gasteiger partial charge >= 0.3 is 0 Å². The zero-order chi connectivity index (χ0) is 9.31. The number of rotatable bonds is 1. The lowest BCUT2D eigenvalue weighted by Crippen LogP contribution is -2.34. The summed E-state index contributed by atoms with van der Waals surface area (Å²) >= 11 is 0. The van der Waals surface area contributed by atoms with Gasteiger partial charge in [0, 0.05) is 6.42 Å². The van der Waals surface area contributed by atoms with Crippen LogP contribution in [0.2, 0.25) is 0 Å². The maximum absolute atomic E-state index is 10.1. The summed E-state index contributed by atoms with van der Waals surface area (Å²) in [6.45, 7) is 0.395. The van der Waals surface area contributed by atoms with Gasteiger partial charge in [0.15, 0.2) is 6.29 Å². The number of ether oxygens (including phenoxy) is 1. The van der Waals surface area contributed by atoms with Crippen LogP contribution in [-0.2, 0) is 10.3 Å². The monoisotopic (exact) mass is 180 g/mol. The van der Waals surface area contributed by atoms with Crippen LogP contribution in [0.1, 0.15) is 12.0 Å². The number of hydrogen-bond acceptors (Lipinski definition) is 3. The van der Waals surface area contributed by atoms with Gasteiger partial charge in [-0.3, -0.25) is 0 Å². The minimum absolute atomic E-state index is 0.395. The van der Waals surface area contributed by atoms with Crippen molar-refractivity contribution in [2.24, 2.45) is 0 Å². The predicted molar refractivity (Wildman–Crippen MR) is 46.9 cm³/mol. The summed E-state index contributed by atoms with van der Waals surface area (Å²) < 4.78 is 4.93. The highest BCUT2D eigenvalue weighted by molar-refractivity contribution is 5.23. The molecule has 2 rings (SSSR count). The van der Waals surface area contributed by atoms with Crippen LogP contribution in [0.25, 0.3) is 0 Å². The van der Waals surface area contributed by atoms with Crippen LogP contribution in [0.15, 0.2) is 30.3 Å². The summed E-state index contributed by atoms with van der Waals surface area (Å²) in [5.74, 6) is 0. The second-order valence-electron chi connectivity index (χ2n) is 3.26. The molecule has 0 aromatic heterocycles. The molecule has 1 heterocycles. The van der Waals surface area contributed by atoms with E-state index in [9.17, 15) is 10.2 Å². The first-order chi connectivity index (χ1) is 6.23. The largest absolute Gasteiger partial charge is 0.380 e. The summed E-state index contributed by atoms with van der Waals surface area (Å²) in [4.78, 5) is 0. The van der Waals surface area contributed by atoms with Gasteiger partial charge in [0.2, 0.25) is 0 Å². The lowest BCUT2D eigenvalue weighted by Gasteiger charge is -2.24. The summed E-state index contributed by atoms with van der Waals surface area (Å²) in [7, 11) is 0. The molecule has 0 aliphatic carbocycles. The predicted octanol–water partition coefficient (Wildman–Crippen LogP) is 0.613. The molecule has 13 heavy (non-hydrogen) atoms. The van der Waals surface area contributed by atoms with Crippen LogP contribution in [0.5, 0.6) is 0 Å². The highest BCUT2D eigenvalue weighted by Crippen LogP contribution is 2.34. The normalized spacial score (nSPS) is 33.5. The van der Waals surface area contributed by atoms with Crippen molar-refractivity contribution < 1.29 is 14.9 Å². The standard InChI is InChI=1S/C10H12O3/c11-9-10(12,6-7-13-9)8-4-2-1-3-5-8/h1-5,9,11-12H,6-7H2. The Balaban J connectivity index is 2.34. The second kappa shape index (κ2) is 3.10. The molecule has 1 aromatic carbocycles. The molecule has 0 spiro atoms. The van der Waals surface area contributed by atoms with E-state index < -0.39 is 11.9 Å².